The molecular weight excluding hydrogens is 296 g/mol. The SMILES string of the molecule is C=CCSCCNC(=NCc1c(CC)noc1CC)NCC. The molecule has 6 heteroatoms. The molecule has 0 aliphatic carbocycles. The Morgan fingerprint density at radius 2 is 2.14 bits per heavy atom. The first-order valence-electron chi connectivity index (χ1n) is 7.93. The van der Waals surface area contributed by atoms with Gasteiger partial charge in [-0.05, 0) is 13.3 Å². The summed E-state index contributed by atoms with van der Waals surface area (Å²) in [6, 6.07) is 0. The molecule has 0 aliphatic rings. The maximum atomic E-state index is 5.38. The Morgan fingerprint density at radius 1 is 1.32 bits per heavy atom. The van der Waals surface area contributed by atoms with Gasteiger partial charge in [0.15, 0.2) is 5.96 Å². The molecule has 0 atom stereocenters. The van der Waals surface area contributed by atoms with E-state index in [1.54, 1.807) is 0 Å². The summed E-state index contributed by atoms with van der Waals surface area (Å²) < 4.78 is 5.38. The molecule has 0 amide bonds. The van der Waals surface area contributed by atoms with Gasteiger partial charge in [0.05, 0.1) is 12.2 Å². The molecule has 0 spiro atoms. The van der Waals surface area contributed by atoms with Crippen molar-refractivity contribution in [1.29, 1.82) is 0 Å². The molecule has 1 aromatic rings. The predicted molar refractivity (Wildman–Crippen MR) is 95.6 cm³/mol. The van der Waals surface area contributed by atoms with E-state index in [0.717, 1.165) is 60.4 Å². The zero-order valence-electron chi connectivity index (χ0n) is 13.9. The van der Waals surface area contributed by atoms with E-state index in [9.17, 15) is 0 Å². The summed E-state index contributed by atoms with van der Waals surface area (Å²) in [5, 5.41) is 10.7. The molecule has 1 aromatic heterocycles. The van der Waals surface area contributed by atoms with Crippen molar-refractivity contribution >= 4 is 17.7 Å². The molecule has 0 fully saturated rings. The zero-order valence-corrected chi connectivity index (χ0v) is 14.8. The fraction of sp³-hybridized carbons (Fsp3) is 0.625. The molecule has 0 bridgehead atoms. The first-order valence-corrected chi connectivity index (χ1v) is 9.09. The topological polar surface area (TPSA) is 62.5 Å². The van der Waals surface area contributed by atoms with Crippen LogP contribution in [0.15, 0.2) is 22.2 Å². The Labute approximate surface area is 138 Å². The molecule has 0 radical (unpaired) electrons. The Hall–Kier alpha value is -1.43. The minimum absolute atomic E-state index is 0.602. The molecule has 5 nitrogen and oxygen atoms in total. The number of guanidine groups is 1. The average molecular weight is 324 g/mol. The van der Waals surface area contributed by atoms with Gasteiger partial charge in [-0.1, -0.05) is 25.1 Å². The lowest BCUT2D eigenvalue weighted by molar-refractivity contribution is 0.380. The Balaban J connectivity index is 2.61. The fourth-order valence-corrected chi connectivity index (χ4v) is 2.60. The van der Waals surface area contributed by atoms with Crippen molar-refractivity contribution in [3.8, 4) is 0 Å². The molecule has 1 heterocycles. The smallest absolute Gasteiger partial charge is 0.191 e. The predicted octanol–water partition coefficient (Wildman–Crippen LogP) is 2.77. The van der Waals surface area contributed by atoms with E-state index in [2.05, 4.69) is 48.1 Å². The van der Waals surface area contributed by atoms with Crippen LogP contribution in [0.4, 0.5) is 0 Å². The molecule has 22 heavy (non-hydrogen) atoms. The van der Waals surface area contributed by atoms with Crippen LogP contribution in [-0.2, 0) is 19.4 Å². The Morgan fingerprint density at radius 3 is 2.77 bits per heavy atom. The van der Waals surface area contributed by atoms with Crippen molar-refractivity contribution in [3.63, 3.8) is 0 Å². The third-order valence-electron chi connectivity index (χ3n) is 3.12. The van der Waals surface area contributed by atoms with Gasteiger partial charge in [0.2, 0.25) is 0 Å². The summed E-state index contributed by atoms with van der Waals surface area (Å²) in [6.45, 7) is 12.3. The maximum absolute atomic E-state index is 5.38. The first kappa shape index (κ1) is 18.6. The van der Waals surface area contributed by atoms with Gasteiger partial charge in [-0.3, -0.25) is 0 Å². The third kappa shape index (κ3) is 6.13. The maximum Gasteiger partial charge on any atom is 0.191 e. The summed E-state index contributed by atoms with van der Waals surface area (Å²) in [5.74, 6) is 3.80. The minimum atomic E-state index is 0.602. The van der Waals surface area contributed by atoms with Gasteiger partial charge in [0.1, 0.15) is 5.76 Å². The highest BCUT2D eigenvalue weighted by atomic mass is 32.2. The normalized spacial score (nSPS) is 11.5. The standard InChI is InChI=1S/C16H28N4OS/c1-5-10-22-11-9-18-16(17-8-4)19-12-13-14(6-2)20-21-15(13)7-3/h5H,1,6-12H2,2-4H3,(H2,17,18,19). The number of aromatic nitrogens is 1. The van der Waals surface area contributed by atoms with Crippen molar-refractivity contribution < 1.29 is 4.52 Å². The number of aryl methyl sites for hydroxylation is 2. The van der Waals surface area contributed by atoms with E-state index < -0.39 is 0 Å². The van der Waals surface area contributed by atoms with Crippen LogP contribution in [0, 0.1) is 0 Å². The Bertz CT molecular complexity index is 449. The van der Waals surface area contributed by atoms with Crippen molar-refractivity contribution in [2.45, 2.75) is 40.2 Å². The molecule has 1 rings (SSSR count). The van der Waals surface area contributed by atoms with Crippen molar-refractivity contribution in [2.75, 3.05) is 24.6 Å². The van der Waals surface area contributed by atoms with E-state index >= 15 is 0 Å². The number of aliphatic imine (C=N–C) groups is 1. The molecule has 0 saturated heterocycles. The monoisotopic (exact) mass is 324 g/mol. The zero-order chi connectivity index (χ0) is 16.2. The second kappa shape index (κ2) is 11.2. The lowest BCUT2D eigenvalue weighted by atomic mass is 10.1. The van der Waals surface area contributed by atoms with Crippen molar-refractivity contribution in [3.05, 3.63) is 29.7 Å². The van der Waals surface area contributed by atoms with Gasteiger partial charge in [-0.15, -0.1) is 6.58 Å². The highest BCUT2D eigenvalue weighted by molar-refractivity contribution is 7.99. The molecule has 0 unspecified atom stereocenters. The van der Waals surface area contributed by atoms with Gasteiger partial charge in [-0.2, -0.15) is 11.8 Å². The largest absolute Gasteiger partial charge is 0.361 e. The summed E-state index contributed by atoms with van der Waals surface area (Å²) in [7, 11) is 0. The molecule has 2 N–H and O–H groups in total. The van der Waals surface area contributed by atoms with Crippen LogP contribution in [0.2, 0.25) is 0 Å². The number of thioether (sulfide) groups is 1. The molecular formula is C16H28N4OS. The van der Waals surface area contributed by atoms with Gasteiger partial charge in [-0.25, -0.2) is 4.99 Å². The third-order valence-corrected chi connectivity index (χ3v) is 4.09. The van der Waals surface area contributed by atoms with Crippen LogP contribution in [0.5, 0.6) is 0 Å². The second-order valence-corrected chi connectivity index (χ2v) is 5.87. The van der Waals surface area contributed by atoms with Crippen molar-refractivity contribution in [2.24, 2.45) is 4.99 Å². The Kier molecular flexibility index (Phi) is 9.46. The van der Waals surface area contributed by atoms with Gasteiger partial charge in [0.25, 0.3) is 0 Å². The van der Waals surface area contributed by atoms with Crippen LogP contribution >= 0.6 is 11.8 Å². The van der Waals surface area contributed by atoms with E-state index in [4.69, 9.17) is 4.52 Å². The van der Waals surface area contributed by atoms with Crippen LogP contribution in [0.1, 0.15) is 37.8 Å². The van der Waals surface area contributed by atoms with Crippen LogP contribution in [0.3, 0.4) is 0 Å². The summed E-state index contributed by atoms with van der Waals surface area (Å²) >= 11 is 1.85. The fourth-order valence-electron chi connectivity index (χ4n) is 2.02. The van der Waals surface area contributed by atoms with Gasteiger partial charge in [0, 0.05) is 36.6 Å². The van der Waals surface area contributed by atoms with Crippen LogP contribution < -0.4 is 10.6 Å². The van der Waals surface area contributed by atoms with E-state index in [-0.39, 0.29) is 0 Å². The van der Waals surface area contributed by atoms with Gasteiger partial charge < -0.3 is 15.2 Å². The first-order chi connectivity index (χ1) is 10.8. The summed E-state index contributed by atoms with van der Waals surface area (Å²) in [6.07, 6.45) is 3.64. The quantitative estimate of drug-likeness (QED) is 0.300. The number of nitrogens with zero attached hydrogens (tertiary/aromatic N) is 2. The number of rotatable bonds is 10. The number of hydrogen-bond acceptors (Lipinski definition) is 4. The number of hydrogen-bond donors (Lipinski definition) is 2. The molecule has 0 saturated carbocycles. The van der Waals surface area contributed by atoms with E-state index in [1.807, 2.05) is 17.8 Å². The van der Waals surface area contributed by atoms with Crippen molar-refractivity contribution in [1.82, 2.24) is 15.8 Å². The summed E-state index contributed by atoms with van der Waals surface area (Å²) in [5.41, 5.74) is 2.14. The van der Waals surface area contributed by atoms with Crippen LogP contribution in [-0.4, -0.2) is 35.7 Å². The van der Waals surface area contributed by atoms with E-state index in [0.29, 0.717) is 6.54 Å². The molecule has 0 aromatic carbocycles. The lowest BCUT2D eigenvalue weighted by Crippen LogP contribution is -2.38. The highest BCUT2D eigenvalue weighted by Gasteiger charge is 2.12. The van der Waals surface area contributed by atoms with Crippen LogP contribution in [0.25, 0.3) is 0 Å². The average Bonchev–Trinajstić information content (AvgIpc) is 2.94. The lowest BCUT2D eigenvalue weighted by Gasteiger charge is -2.11. The molecule has 0 aliphatic heterocycles. The summed E-state index contributed by atoms with van der Waals surface area (Å²) in [4.78, 5) is 4.66. The minimum Gasteiger partial charge on any atom is -0.361 e. The molecule has 124 valence electrons. The number of nitrogens with one attached hydrogen (secondary N) is 2. The van der Waals surface area contributed by atoms with Gasteiger partial charge >= 0.3 is 0 Å². The second-order valence-electron chi connectivity index (χ2n) is 4.72. The van der Waals surface area contributed by atoms with E-state index in [1.165, 1.54) is 0 Å². The highest BCUT2D eigenvalue weighted by Crippen LogP contribution is 2.16.